The molecule has 2 aliphatic rings. The van der Waals surface area contributed by atoms with Gasteiger partial charge in [-0.05, 0) is 13.0 Å². The van der Waals surface area contributed by atoms with Crippen molar-refractivity contribution < 1.29 is 39.9 Å². The number of aliphatic hydroxyl groups excluding tert-OH is 2. The first kappa shape index (κ1) is 19.4. The Morgan fingerprint density at radius 1 is 1.10 bits per heavy atom. The summed E-state index contributed by atoms with van der Waals surface area (Å²) in [6.45, 7) is 1.34. The van der Waals surface area contributed by atoms with Crippen LogP contribution in [0.25, 0.3) is 0 Å². The third-order valence-electron chi connectivity index (χ3n) is 5.90. The van der Waals surface area contributed by atoms with Crippen LogP contribution in [0.15, 0.2) is 18.2 Å². The van der Waals surface area contributed by atoms with Gasteiger partial charge < -0.3 is 30.3 Å². The van der Waals surface area contributed by atoms with E-state index in [-0.39, 0.29) is 40.8 Å². The molecule has 2 aromatic rings. The Bertz CT molecular complexity index is 1070. The largest absolute Gasteiger partial charge is 0.507 e. The van der Waals surface area contributed by atoms with Crippen molar-refractivity contribution in [3.63, 3.8) is 0 Å². The summed E-state index contributed by atoms with van der Waals surface area (Å²) >= 11 is 0. The standard InChI is InChI=1S/C21H20O8/c1-8(22)21(28)6-10-13(11(23)7-21)19(26)16-15(18(10)25)17(24)9-4-3-5-12(29-2)14(9)20(16)27/h3-5,8,11,22-23,25-26,28H,6-7H2,1-2H3. The zero-order chi connectivity index (χ0) is 21.2. The summed E-state index contributed by atoms with van der Waals surface area (Å²) in [5, 5.41) is 52.8. The minimum atomic E-state index is -1.77. The highest BCUT2D eigenvalue weighted by Gasteiger charge is 2.47. The number of phenols is 2. The number of hydrogen-bond donors (Lipinski definition) is 5. The number of rotatable bonds is 2. The third-order valence-corrected chi connectivity index (χ3v) is 5.90. The lowest BCUT2D eigenvalue weighted by atomic mass is 9.71. The summed E-state index contributed by atoms with van der Waals surface area (Å²) in [6, 6.07) is 4.44. The Morgan fingerprint density at radius 2 is 1.76 bits per heavy atom. The molecule has 0 saturated heterocycles. The van der Waals surface area contributed by atoms with Crippen molar-refractivity contribution in [1.29, 1.82) is 0 Å². The summed E-state index contributed by atoms with van der Waals surface area (Å²) in [7, 11) is 1.34. The van der Waals surface area contributed by atoms with Crippen LogP contribution in [0.2, 0.25) is 0 Å². The molecule has 29 heavy (non-hydrogen) atoms. The van der Waals surface area contributed by atoms with E-state index >= 15 is 0 Å². The zero-order valence-corrected chi connectivity index (χ0v) is 15.8. The molecule has 0 bridgehead atoms. The number of aromatic hydroxyl groups is 2. The first-order valence-corrected chi connectivity index (χ1v) is 9.08. The molecule has 3 atom stereocenters. The quantitative estimate of drug-likeness (QED) is 0.400. The predicted molar refractivity (Wildman–Crippen MR) is 99.5 cm³/mol. The van der Waals surface area contributed by atoms with Crippen LogP contribution in [0.3, 0.4) is 0 Å². The number of aliphatic hydroxyl groups is 3. The van der Waals surface area contributed by atoms with E-state index in [4.69, 9.17) is 4.74 Å². The van der Waals surface area contributed by atoms with Crippen molar-refractivity contribution in [3.8, 4) is 17.2 Å². The Kier molecular flexibility index (Phi) is 4.20. The number of hydrogen-bond acceptors (Lipinski definition) is 8. The van der Waals surface area contributed by atoms with Gasteiger partial charge in [-0.2, -0.15) is 0 Å². The van der Waals surface area contributed by atoms with Gasteiger partial charge in [-0.1, -0.05) is 12.1 Å². The number of carbonyl (C=O) groups is 2. The lowest BCUT2D eigenvalue weighted by Gasteiger charge is -2.39. The molecule has 0 aromatic heterocycles. The van der Waals surface area contributed by atoms with Gasteiger partial charge in [0.25, 0.3) is 0 Å². The van der Waals surface area contributed by atoms with Crippen molar-refractivity contribution in [2.45, 2.75) is 37.6 Å². The summed E-state index contributed by atoms with van der Waals surface area (Å²) in [5.74, 6) is -2.48. The van der Waals surface area contributed by atoms with Gasteiger partial charge in [-0.15, -0.1) is 0 Å². The summed E-state index contributed by atoms with van der Waals surface area (Å²) < 4.78 is 5.18. The number of benzene rings is 2. The van der Waals surface area contributed by atoms with Gasteiger partial charge >= 0.3 is 0 Å². The van der Waals surface area contributed by atoms with Crippen molar-refractivity contribution in [2.75, 3.05) is 7.11 Å². The van der Waals surface area contributed by atoms with Crippen molar-refractivity contribution in [1.82, 2.24) is 0 Å². The first-order valence-electron chi connectivity index (χ1n) is 9.08. The molecule has 2 aliphatic carbocycles. The molecule has 0 amide bonds. The normalized spacial score (nSPS) is 23.8. The Hall–Kier alpha value is -2.94. The van der Waals surface area contributed by atoms with Crippen molar-refractivity contribution in [2.24, 2.45) is 0 Å². The van der Waals surface area contributed by atoms with E-state index in [1.54, 1.807) is 0 Å². The minimum Gasteiger partial charge on any atom is -0.507 e. The molecule has 0 fully saturated rings. The maximum atomic E-state index is 13.2. The van der Waals surface area contributed by atoms with Crippen LogP contribution in [0.5, 0.6) is 17.2 Å². The van der Waals surface area contributed by atoms with Crippen molar-refractivity contribution in [3.05, 3.63) is 51.6 Å². The first-order chi connectivity index (χ1) is 13.6. The summed E-state index contributed by atoms with van der Waals surface area (Å²) in [5.41, 5.74) is -2.81. The van der Waals surface area contributed by atoms with Gasteiger partial charge in [0, 0.05) is 29.5 Å². The number of ether oxygens (including phenoxy) is 1. The highest BCUT2D eigenvalue weighted by Crippen LogP contribution is 2.51. The van der Waals surface area contributed by atoms with Gasteiger partial charge in [0.15, 0.2) is 5.78 Å². The van der Waals surface area contributed by atoms with Crippen LogP contribution in [-0.4, -0.2) is 55.9 Å². The van der Waals surface area contributed by atoms with E-state index in [1.165, 1.54) is 32.2 Å². The van der Waals surface area contributed by atoms with Crippen LogP contribution in [-0.2, 0) is 6.42 Å². The molecule has 8 heteroatoms. The van der Waals surface area contributed by atoms with E-state index in [1.807, 2.05) is 0 Å². The van der Waals surface area contributed by atoms with Crippen LogP contribution in [0.1, 0.15) is 62.4 Å². The predicted octanol–water partition coefficient (Wildman–Crippen LogP) is 0.973. The van der Waals surface area contributed by atoms with E-state index in [9.17, 15) is 35.1 Å². The number of carbonyl (C=O) groups excluding carboxylic acids is 2. The summed E-state index contributed by atoms with van der Waals surface area (Å²) in [4.78, 5) is 26.3. The van der Waals surface area contributed by atoms with Gasteiger partial charge in [0.1, 0.15) is 17.2 Å². The topological polar surface area (TPSA) is 145 Å². The van der Waals surface area contributed by atoms with Crippen LogP contribution < -0.4 is 4.74 Å². The number of fused-ring (bicyclic) bond motifs is 3. The van der Waals surface area contributed by atoms with Gasteiger partial charge in [-0.3, -0.25) is 9.59 Å². The Labute approximate surface area is 165 Å². The Morgan fingerprint density at radius 3 is 2.38 bits per heavy atom. The number of ketones is 2. The number of phenolic OH excluding ortho intramolecular Hbond substituents is 2. The number of methoxy groups -OCH3 is 1. The molecule has 0 radical (unpaired) electrons. The highest BCUT2D eigenvalue weighted by molar-refractivity contribution is 6.31. The molecule has 5 N–H and O–H groups in total. The second kappa shape index (κ2) is 6.28. The van der Waals surface area contributed by atoms with Crippen molar-refractivity contribution >= 4 is 11.6 Å². The van der Waals surface area contributed by atoms with Crippen LogP contribution >= 0.6 is 0 Å². The monoisotopic (exact) mass is 400 g/mol. The summed E-state index contributed by atoms with van der Waals surface area (Å²) in [6.07, 6.45) is -3.33. The van der Waals surface area contributed by atoms with Crippen LogP contribution in [0, 0.1) is 0 Å². The fraction of sp³-hybridized carbons (Fsp3) is 0.333. The SMILES string of the molecule is COc1cccc2c1C(=O)c1c(O)c3c(c(O)c1C2=O)CC(O)(C(C)O)CC3O. The maximum Gasteiger partial charge on any atom is 0.202 e. The lowest BCUT2D eigenvalue weighted by Crippen LogP contribution is -2.47. The van der Waals surface area contributed by atoms with Gasteiger partial charge in [-0.25, -0.2) is 0 Å². The zero-order valence-electron chi connectivity index (χ0n) is 15.8. The molecule has 0 saturated carbocycles. The second-order valence-corrected chi connectivity index (χ2v) is 7.56. The Balaban J connectivity index is 2.02. The molecule has 152 valence electrons. The molecule has 0 spiro atoms. The second-order valence-electron chi connectivity index (χ2n) is 7.56. The van der Waals surface area contributed by atoms with Crippen LogP contribution in [0.4, 0.5) is 0 Å². The van der Waals surface area contributed by atoms with E-state index in [0.29, 0.717) is 0 Å². The molecule has 8 nitrogen and oxygen atoms in total. The van der Waals surface area contributed by atoms with Gasteiger partial charge in [0.2, 0.25) is 5.78 Å². The maximum absolute atomic E-state index is 13.2. The molecule has 0 aliphatic heterocycles. The third kappa shape index (κ3) is 2.50. The minimum absolute atomic E-state index is 0.0126. The van der Waals surface area contributed by atoms with Gasteiger partial charge in [0.05, 0.1) is 41.6 Å². The van der Waals surface area contributed by atoms with E-state index < -0.39 is 52.0 Å². The lowest BCUT2D eigenvalue weighted by molar-refractivity contribution is -0.0999. The smallest absolute Gasteiger partial charge is 0.202 e. The fourth-order valence-electron chi connectivity index (χ4n) is 4.29. The highest BCUT2D eigenvalue weighted by atomic mass is 16.5. The molecule has 2 aromatic carbocycles. The average molecular weight is 400 g/mol. The van der Waals surface area contributed by atoms with E-state index in [0.717, 1.165) is 0 Å². The average Bonchev–Trinajstić information content (AvgIpc) is 2.67. The van der Waals surface area contributed by atoms with E-state index in [2.05, 4.69) is 0 Å². The molecular weight excluding hydrogens is 380 g/mol. The molecule has 4 rings (SSSR count). The molecular formula is C21H20O8. The fourth-order valence-corrected chi connectivity index (χ4v) is 4.29. The molecule has 3 unspecified atom stereocenters. The molecule has 0 heterocycles.